The smallest absolute Gasteiger partial charge is 0.306 e. The molecule has 0 spiro atoms. The molecular formula is C32H62O4. The Kier molecular flexibility index (Phi) is 27.7. The first-order valence-corrected chi connectivity index (χ1v) is 15.9. The standard InChI is InChI=1S/C32H62O4/c1-4-6-8-10-12-14-16-18-20-22-24-26-28-32(34)36-30(3)29-35-31(33)27-25-23-21-19-17-15-13-11-9-7-5-2/h30H,4-29H2,1-3H3. The Balaban J connectivity index is 3.42. The van der Waals surface area contributed by atoms with Crippen molar-refractivity contribution in [3.05, 3.63) is 0 Å². The molecule has 36 heavy (non-hydrogen) atoms. The van der Waals surface area contributed by atoms with Gasteiger partial charge in [0.05, 0.1) is 0 Å². The summed E-state index contributed by atoms with van der Waals surface area (Å²) in [5.74, 6) is -0.342. The van der Waals surface area contributed by atoms with E-state index in [1.54, 1.807) is 6.92 Å². The molecule has 0 saturated heterocycles. The summed E-state index contributed by atoms with van der Waals surface area (Å²) in [5, 5.41) is 0. The number of unbranched alkanes of at least 4 members (excludes halogenated alkanes) is 21. The molecule has 0 fully saturated rings. The fourth-order valence-corrected chi connectivity index (χ4v) is 4.64. The van der Waals surface area contributed by atoms with Crippen LogP contribution in [0.4, 0.5) is 0 Å². The first-order chi connectivity index (χ1) is 17.6. The van der Waals surface area contributed by atoms with Gasteiger partial charge in [-0.2, -0.15) is 0 Å². The summed E-state index contributed by atoms with van der Waals surface area (Å²) in [6.45, 7) is 6.49. The van der Waals surface area contributed by atoms with Crippen molar-refractivity contribution in [2.45, 2.75) is 187 Å². The second-order valence-electron chi connectivity index (χ2n) is 10.9. The van der Waals surface area contributed by atoms with Crippen LogP contribution in [0.15, 0.2) is 0 Å². The predicted octanol–water partition coefficient (Wildman–Crippen LogP) is 10.3. The number of hydrogen-bond acceptors (Lipinski definition) is 4. The van der Waals surface area contributed by atoms with Crippen LogP contribution in [0.25, 0.3) is 0 Å². The average molecular weight is 511 g/mol. The van der Waals surface area contributed by atoms with E-state index in [1.165, 1.54) is 122 Å². The maximum Gasteiger partial charge on any atom is 0.306 e. The highest BCUT2D eigenvalue weighted by molar-refractivity contribution is 5.70. The third kappa shape index (κ3) is 27.5. The monoisotopic (exact) mass is 510 g/mol. The van der Waals surface area contributed by atoms with Crippen molar-refractivity contribution in [1.29, 1.82) is 0 Å². The molecule has 0 saturated carbocycles. The number of hydrogen-bond donors (Lipinski definition) is 0. The minimum absolute atomic E-state index is 0.168. The van der Waals surface area contributed by atoms with Crippen LogP contribution in [-0.2, 0) is 19.1 Å². The van der Waals surface area contributed by atoms with Crippen LogP contribution in [0.2, 0.25) is 0 Å². The summed E-state index contributed by atoms with van der Waals surface area (Å²) in [7, 11) is 0. The van der Waals surface area contributed by atoms with E-state index >= 15 is 0 Å². The lowest BCUT2D eigenvalue weighted by atomic mass is 10.0. The minimum atomic E-state index is -0.365. The molecule has 1 atom stereocenters. The van der Waals surface area contributed by atoms with Crippen molar-refractivity contribution in [2.24, 2.45) is 0 Å². The van der Waals surface area contributed by atoms with Gasteiger partial charge in [0.15, 0.2) is 0 Å². The third-order valence-electron chi connectivity index (χ3n) is 7.03. The zero-order chi connectivity index (χ0) is 26.5. The Morgan fingerprint density at radius 1 is 0.472 bits per heavy atom. The molecular weight excluding hydrogens is 448 g/mol. The molecule has 0 N–H and O–H groups in total. The van der Waals surface area contributed by atoms with Gasteiger partial charge in [-0.25, -0.2) is 0 Å². The molecule has 4 nitrogen and oxygen atoms in total. The van der Waals surface area contributed by atoms with E-state index in [4.69, 9.17) is 9.47 Å². The Morgan fingerprint density at radius 2 is 0.778 bits per heavy atom. The van der Waals surface area contributed by atoms with Gasteiger partial charge in [-0.05, 0) is 19.8 Å². The van der Waals surface area contributed by atoms with E-state index in [1.807, 2.05) is 0 Å². The molecule has 0 aromatic carbocycles. The number of esters is 2. The first kappa shape index (κ1) is 34.9. The summed E-state index contributed by atoms with van der Waals surface area (Å²) < 4.78 is 10.7. The lowest BCUT2D eigenvalue weighted by molar-refractivity contribution is -0.158. The van der Waals surface area contributed by atoms with Gasteiger partial charge < -0.3 is 9.47 Å². The molecule has 0 aliphatic rings. The fraction of sp³-hybridized carbons (Fsp3) is 0.938. The third-order valence-corrected chi connectivity index (χ3v) is 7.03. The molecule has 1 unspecified atom stereocenters. The van der Waals surface area contributed by atoms with Crippen molar-refractivity contribution < 1.29 is 19.1 Å². The van der Waals surface area contributed by atoms with Crippen molar-refractivity contribution in [1.82, 2.24) is 0 Å². The Labute approximate surface area is 225 Å². The van der Waals surface area contributed by atoms with Crippen LogP contribution in [0.1, 0.15) is 181 Å². The van der Waals surface area contributed by atoms with Gasteiger partial charge in [0.2, 0.25) is 0 Å². The fourth-order valence-electron chi connectivity index (χ4n) is 4.64. The van der Waals surface area contributed by atoms with Crippen LogP contribution < -0.4 is 0 Å². The molecule has 0 radical (unpaired) electrons. The molecule has 0 aliphatic carbocycles. The summed E-state index contributed by atoms with van der Waals surface area (Å²) in [6, 6.07) is 0. The Bertz CT molecular complexity index is 477. The summed E-state index contributed by atoms with van der Waals surface area (Å²) in [4.78, 5) is 23.9. The van der Waals surface area contributed by atoms with Gasteiger partial charge in [-0.3, -0.25) is 9.59 Å². The minimum Gasteiger partial charge on any atom is -0.462 e. The molecule has 0 rings (SSSR count). The second kappa shape index (κ2) is 28.5. The maximum absolute atomic E-state index is 12.0. The van der Waals surface area contributed by atoms with Crippen LogP contribution in [0.3, 0.4) is 0 Å². The van der Waals surface area contributed by atoms with Gasteiger partial charge >= 0.3 is 11.9 Å². The topological polar surface area (TPSA) is 52.6 Å². The first-order valence-electron chi connectivity index (χ1n) is 15.9. The lowest BCUT2D eigenvalue weighted by Gasteiger charge is -2.13. The zero-order valence-corrected chi connectivity index (χ0v) is 24.6. The van der Waals surface area contributed by atoms with E-state index in [2.05, 4.69) is 13.8 Å². The second-order valence-corrected chi connectivity index (χ2v) is 10.9. The maximum atomic E-state index is 12.0. The average Bonchev–Trinajstić information content (AvgIpc) is 2.86. The van der Waals surface area contributed by atoms with E-state index in [9.17, 15) is 9.59 Å². The quantitative estimate of drug-likeness (QED) is 0.0775. The van der Waals surface area contributed by atoms with Crippen molar-refractivity contribution in [3.63, 3.8) is 0 Å². The van der Waals surface area contributed by atoms with Crippen LogP contribution in [-0.4, -0.2) is 24.6 Å². The van der Waals surface area contributed by atoms with E-state index in [-0.39, 0.29) is 24.6 Å². The van der Waals surface area contributed by atoms with Crippen molar-refractivity contribution in [2.75, 3.05) is 6.61 Å². The normalized spacial score (nSPS) is 12.0. The van der Waals surface area contributed by atoms with Gasteiger partial charge in [0.25, 0.3) is 0 Å². The van der Waals surface area contributed by atoms with Gasteiger partial charge in [-0.1, -0.05) is 149 Å². The van der Waals surface area contributed by atoms with Crippen LogP contribution in [0, 0.1) is 0 Å². The highest BCUT2D eigenvalue weighted by atomic mass is 16.6. The van der Waals surface area contributed by atoms with E-state index < -0.39 is 0 Å². The number of ether oxygens (including phenoxy) is 2. The summed E-state index contributed by atoms with van der Waals surface area (Å²) >= 11 is 0. The molecule has 0 amide bonds. The highest BCUT2D eigenvalue weighted by Gasteiger charge is 2.12. The summed E-state index contributed by atoms with van der Waals surface area (Å²) in [5.41, 5.74) is 0. The SMILES string of the molecule is CCCCCCCCCCCCCCC(=O)OC(C)COC(=O)CCCCCCCCCCCCC. The lowest BCUT2D eigenvalue weighted by Crippen LogP contribution is -2.22. The molecule has 0 aliphatic heterocycles. The molecule has 0 bridgehead atoms. The molecule has 0 aromatic rings. The Hall–Kier alpha value is -1.06. The number of rotatable bonds is 28. The number of carbonyl (C=O) groups is 2. The van der Waals surface area contributed by atoms with E-state index in [0.717, 1.165) is 25.7 Å². The highest BCUT2D eigenvalue weighted by Crippen LogP contribution is 2.14. The predicted molar refractivity (Wildman–Crippen MR) is 153 cm³/mol. The largest absolute Gasteiger partial charge is 0.462 e. The van der Waals surface area contributed by atoms with Crippen molar-refractivity contribution in [3.8, 4) is 0 Å². The van der Waals surface area contributed by atoms with Crippen LogP contribution in [0.5, 0.6) is 0 Å². The van der Waals surface area contributed by atoms with Crippen LogP contribution >= 0.6 is 0 Å². The summed E-state index contributed by atoms with van der Waals surface area (Å²) in [6.07, 6.45) is 29.9. The molecule has 214 valence electrons. The molecule has 4 heteroatoms. The van der Waals surface area contributed by atoms with Gasteiger partial charge in [-0.15, -0.1) is 0 Å². The molecule has 0 heterocycles. The Morgan fingerprint density at radius 3 is 1.14 bits per heavy atom. The molecule has 0 aromatic heterocycles. The van der Waals surface area contributed by atoms with Gasteiger partial charge in [0.1, 0.15) is 12.7 Å². The number of carbonyl (C=O) groups excluding carboxylic acids is 2. The zero-order valence-electron chi connectivity index (χ0n) is 24.6. The van der Waals surface area contributed by atoms with Crippen molar-refractivity contribution >= 4 is 11.9 Å². The van der Waals surface area contributed by atoms with E-state index in [0.29, 0.717) is 12.8 Å². The van der Waals surface area contributed by atoms with Gasteiger partial charge in [0, 0.05) is 12.8 Å².